The highest BCUT2D eigenvalue weighted by Crippen LogP contribution is 2.33. The molecule has 0 radical (unpaired) electrons. The zero-order valence-electron chi connectivity index (χ0n) is 10.9. The van der Waals surface area contributed by atoms with Gasteiger partial charge in [-0.2, -0.15) is 0 Å². The summed E-state index contributed by atoms with van der Waals surface area (Å²) in [6.45, 7) is 8.83. The normalized spacial score (nSPS) is 14.8. The molecule has 1 aromatic rings. The summed E-state index contributed by atoms with van der Waals surface area (Å²) in [6.07, 6.45) is 3.29. The van der Waals surface area contributed by atoms with Gasteiger partial charge in [0.25, 0.3) is 0 Å². The van der Waals surface area contributed by atoms with Crippen molar-refractivity contribution in [1.82, 2.24) is 0 Å². The Morgan fingerprint density at radius 3 is 2.31 bits per heavy atom. The van der Waals surface area contributed by atoms with Gasteiger partial charge in [-0.15, -0.1) is 11.6 Å². The van der Waals surface area contributed by atoms with Crippen LogP contribution in [-0.2, 0) is 12.8 Å². The second-order valence-electron chi connectivity index (χ2n) is 4.53. The molecule has 0 spiro atoms. The molecule has 0 heterocycles. The summed E-state index contributed by atoms with van der Waals surface area (Å²) in [4.78, 5) is 0. The van der Waals surface area contributed by atoms with Crippen LogP contribution in [0.4, 0.5) is 0 Å². The van der Waals surface area contributed by atoms with E-state index in [1.54, 1.807) is 0 Å². The molecule has 0 aliphatic heterocycles. The van der Waals surface area contributed by atoms with E-state index in [1.807, 2.05) is 0 Å². The van der Waals surface area contributed by atoms with E-state index in [2.05, 4.69) is 45.9 Å². The molecule has 1 heteroatoms. The van der Waals surface area contributed by atoms with Gasteiger partial charge in [0.1, 0.15) is 0 Å². The summed E-state index contributed by atoms with van der Waals surface area (Å²) in [5.74, 6) is 0.541. The third-order valence-corrected chi connectivity index (χ3v) is 4.11. The molecule has 2 unspecified atom stereocenters. The quantitative estimate of drug-likeness (QED) is 0.624. The lowest BCUT2D eigenvalue weighted by molar-refractivity contribution is 0.540. The van der Waals surface area contributed by atoms with Crippen molar-refractivity contribution in [3.05, 3.63) is 34.9 Å². The summed E-state index contributed by atoms with van der Waals surface area (Å²) < 4.78 is 0. The minimum absolute atomic E-state index is 0.159. The van der Waals surface area contributed by atoms with Crippen LogP contribution >= 0.6 is 11.6 Å². The Bertz CT molecular complexity index is 330. The van der Waals surface area contributed by atoms with E-state index in [4.69, 9.17) is 11.6 Å². The van der Waals surface area contributed by atoms with Crippen LogP contribution in [0.2, 0.25) is 0 Å². The van der Waals surface area contributed by atoms with Crippen LogP contribution in [0.3, 0.4) is 0 Å². The van der Waals surface area contributed by atoms with E-state index in [0.29, 0.717) is 5.92 Å². The minimum Gasteiger partial charge on any atom is -0.118 e. The van der Waals surface area contributed by atoms with Crippen LogP contribution in [0, 0.1) is 5.92 Å². The molecule has 0 nitrogen and oxygen atoms in total. The van der Waals surface area contributed by atoms with Gasteiger partial charge in [-0.3, -0.25) is 0 Å². The number of aryl methyl sites for hydroxylation is 2. The largest absolute Gasteiger partial charge is 0.118 e. The maximum Gasteiger partial charge on any atom is 0.0613 e. The van der Waals surface area contributed by atoms with Crippen molar-refractivity contribution in [1.29, 1.82) is 0 Å². The van der Waals surface area contributed by atoms with Crippen LogP contribution < -0.4 is 0 Å². The lowest BCUT2D eigenvalue weighted by atomic mass is 9.91. The van der Waals surface area contributed by atoms with Crippen molar-refractivity contribution in [3.8, 4) is 0 Å². The number of hydrogen-bond acceptors (Lipinski definition) is 0. The van der Waals surface area contributed by atoms with E-state index >= 15 is 0 Å². The number of rotatable bonds is 5. The molecule has 0 N–H and O–H groups in total. The van der Waals surface area contributed by atoms with E-state index in [1.165, 1.54) is 16.7 Å². The molecule has 90 valence electrons. The average molecular weight is 239 g/mol. The van der Waals surface area contributed by atoms with E-state index in [0.717, 1.165) is 19.3 Å². The van der Waals surface area contributed by atoms with Crippen molar-refractivity contribution in [3.63, 3.8) is 0 Å². The van der Waals surface area contributed by atoms with Crippen molar-refractivity contribution in [2.75, 3.05) is 0 Å². The highest BCUT2D eigenvalue weighted by molar-refractivity contribution is 6.21. The van der Waals surface area contributed by atoms with Crippen LogP contribution in [0.5, 0.6) is 0 Å². The average Bonchev–Trinajstić information content (AvgIpc) is 2.35. The predicted octanol–water partition coefficient (Wildman–Crippen LogP) is 5.14. The van der Waals surface area contributed by atoms with Gasteiger partial charge in [0.15, 0.2) is 0 Å². The molecular formula is C15H23Cl. The first-order valence-corrected chi connectivity index (χ1v) is 6.83. The maximum atomic E-state index is 6.57. The standard InChI is InChI=1S/C15H23Cl/c1-5-11(4)15(16)14-10-12(6-2)8-9-13(14)7-3/h8-11,15H,5-7H2,1-4H3. The van der Waals surface area contributed by atoms with Crippen molar-refractivity contribution in [2.45, 2.75) is 52.3 Å². The Labute approximate surface area is 105 Å². The van der Waals surface area contributed by atoms with Gasteiger partial charge in [0.2, 0.25) is 0 Å². The molecule has 0 amide bonds. The molecule has 0 fully saturated rings. The lowest BCUT2D eigenvalue weighted by Crippen LogP contribution is -2.06. The first-order chi connectivity index (χ1) is 7.63. The molecule has 0 bridgehead atoms. The Kier molecular flexibility index (Phi) is 5.34. The highest BCUT2D eigenvalue weighted by atomic mass is 35.5. The smallest absolute Gasteiger partial charge is 0.0613 e. The van der Waals surface area contributed by atoms with Gasteiger partial charge >= 0.3 is 0 Å². The molecule has 1 rings (SSSR count). The Balaban J connectivity index is 3.07. The molecule has 0 saturated carbocycles. The fraction of sp³-hybridized carbons (Fsp3) is 0.600. The fourth-order valence-electron chi connectivity index (χ4n) is 1.96. The monoisotopic (exact) mass is 238 g/mol. The van der Waals surface area contributed by atoms with Crippen LogP contribution in [-0.4, -0.2) is 0 Å². The Hall–Kier alpha value is -0.490. The summed E-state index contributed by atoms with van der Waals surface area (Å²) >= 11 is 6.57. The van der Waals surface area contributed by atoms with Gasteiger partial charge in [-0.25, -0.2) is 0 Å². The first kappa shape index (κ1) is 13.6. The second-order valence-corrected chi connectivity index (χ2v) is 5.00. The third kappa shape index (κ3) is 3.01. The first-order valence-electron chi connectivity index (χ1n) is 6.39. The Morgan fingerprint density at radius 1 is 1.12 bits per heavy atom. The van der Waals surface area contributed by atoms with Gasteiger partial charge < -0.3 is 0 Å². The van der Waals surface area contributed by atoms with Crippen LogP contribution in [0.25, 0.3) is 0 Å². The summed E-state index contributed by atoms with van der Waals surface area (Å²) in [5.41, 5.74) is 4.14. The zero-order valence-corrected chi connectivity index (χ0v) is 11.6. The summed E-state index contributed by atoms with van der Waals surface area (Å²) in [5, 5.41) is 0.159. The minimum atomic E-state index is 0.159. The number of benzene rings is 1. The predicted molar refractivity (Wildman–Crippen MR) is 73.2 cm³/mol. The molecule has 2 atom stereocenters. The van der Waals surface area contributed by atoms with Crippen LogP contribution in [0.15, 0.2) is 18.2 Å². The second kappa shape index (κ2) is 6.30. The molecular weight excluding hydrogens is 216 g/mol. The van der Waals surface area contributed by atoms with Crippen LogP contribution in [0.1, 0.15) is 56.2 Å². The van der Waals surface area contributed by atoms with Crippen molar-refractivity contribution < 1.29 is 0 Å². The van der Waals surface area contributed by atoms with Gasteiger partial charge in [-0.1, -0.05) is 52.3 Å². The van der Waals surface area contributed by atoms with E-state index in [9.17, 15) is 0 Å². The van der Waals surface area contributed by atoms with Gasteiger partial charge in [-0.05, 0) is 35.4 Å². The molecule has 16 heavy (non-hydrogen) atoms. The SMILES string of the molecule is CCc1ccc(CC)c(C(Cl)C(C)CC)c1. The third-order valence-electron chi connectivity index (χ3n) is 3.44. The number of halogens is 1. The van der Waals surface area contributed by atoms with E-state index in [-0.39, 0.29) is 5.38 Å². The zero-order chi connectivity index (χ0) is 12.1. The summed E-state index contributed by atoms with van der Waals surface area (Å²) in [6, 6.07) is 6.76. The molecule has 0 aliphatic rings. The van der Waals surface area contributed by atoms with E-state index < -0.39 is 0 Å². The lowest BCUT2D eigenvalue weighted by Gasteiger charge is -2.20. The van der Waals surface area contributed by atoms with Gasteiger partial charge in [0, 0.05) is 0 Å². The maximum absolute atomic E-state index is 6.57. The number of hydrogen-bond donors (Lipinski definition) is 0. The highest BCUT2D eigenvalue weighted by Gasteiger charge is 2.17. The fourth-order valence-corrected chi connectivity index (χ4v) is 2.34. The van der Waals surface area contributed by atoms with Gasteiger partial charge in [0.05, 0.1) is 5.38 Å². The summed E-state index contributed by atoms with van der Waals surface area (Å²) in [7, 11) is 0. The van der Waals surface area contributed by atoms with Crippen molar-refractivity contribution >= 4 is 11.6 Å². The molecule has 0 aromatic heterocycles. The Morgan fingerprint density at radius 2 is 1.81 bits per heavy atom. The van der Waals surface area contributed by atoms with Crippen molar-refractivity contribution in [2.24, 2.45) is 5.92 Å². The number of alkyl halides is 1. The topological polar surface area (TPSA) is 0 Å². The molecule has 0 aliphatic carbocycles. The molecule has 1 aromatic carbocycles. The molecule has 0 saturated heterocycles.